The SMILES string of the molecule is COc1cc(Cl)ccc1C1(N)[C@H](CC(C)(C)C)N[C@H](C(=O)NCC[C@H](O)CO)[C@@H]1c1cccc(Cl)c1. The van der Waals surface area contributed by atoms with Crippen LogP contribution in [0.3, 0.4) is 0 Å². The van der Waals surface area contributed by atoms with E-state index in [0.717, 1.165) is 11.1 Å². The van der Waals surface area contributed by atoms with Crippen molar-refractivity contribution < 1.29 is 19.7 Å². The second-order valence-electron chi connectivity index (χ2n) is 10.7. The number of carbonyl (C=O) groups is 1. The van der Waals surface area contributed by atoms with Gasteiger partial charge in [-0.2, -0.15) is 0 Å². The number of amides is 1. The first-order valence-electron chi connectivity index (χ1n) is 12.1. The summed E-state index contributed by atoms with van der Waals surface area (Å²) in [5, 5.41) is 26.3. The number of nitrogens with one attached hydrogen (secondary N) is 2. The molecule has 1 saturated heterocycles. The minimum absolute atomic E-state index is 0.0998. The predicted octanol–water partition coefficient (Wildman–Crippen LogP) is 3.58. The maximum atomic E-state index is 13.6. The largest absolute Gasteiger partial charge is 0.496 e. The topological polar surface area (TPSA) is 117 Å². The molecule has 1 aliphatic rings. The lowest BCUT2D eigenvalue weighted by Crippen LogP contribution is -2.52. The average molecular weight is 539 g/mol. The van der Waals surface area contributed by atoms with Crippen molar-refractivity contribution in [3.8, 4) is 5.75 Å². The monoisotopic (exact) mass is 537 g/mol. The molecule has 0 saturated carbocycles. The fraction of sp³-hybridized carbons (Fsp3) is 0.519. The molecule has 7 nitrogen and oxygen atoms in total. The molecule has 36 heavy (non-hydrogen) atoms. The van der Waals surface area contributed by atoms with Gasteiger partial charge in [-0.05, 0) is 48.1 Å². The first-order valence-corrected chi connectivity index (χ1v) is 12.9. The van der Waals surface area contributed by atoms with E-state index in [9.17, 15) is 9.90 Å². The van der Waals surface area contributed by atoms with Crippen LogP contribution in [0.2, 0.25) is 10.0 Å². The number of aliphatic hydroxyl groups excluding tert-OH is 2. The molecule has 2 aromatic rings. The molecule has 0 bridgehead atoms. The van der Waals surface area contributed by atoms with Gasteiger partial charge in [0.05, 0.1) is 31.4 Å². The molecule has 0 spiro atoms. The van der Waals surface area contributed by atoms with Gasteiger partial charge in [0.25, 0.3) is 0 Å². The fourth-order valence-corrected chi connectivity index (χ4v) is 5.48. The third kappa shape index (κ3) is 6.33. The summed E-state index contributed by atoms with van der Waals surface area (Å²) in [4.78, 5) is 13.6. The number of hydrogen-bond acceptors (Lipinski definition) is 6. The number of nitrogens with two attached hydrogens (primary N) is 1. The number of benzene rings is 2. The number of hydrogen-bond donors (Lipinski definition) is 5. The standard InChI is InChI=1S/C27H37Cl2N3O4/c1-26(2,3)14-22-27(30,20-9-8-18(29)13-21(20)36-4)23(16-6-5-7-17(28)12-16)24(32-22)25(35)31-11-10-19(34)15-33/h5-9,12-13,19,22-24,32-34H,10-11,14-15,30H2,1-4H3,(H,31,35)/t19-,22-,23-,24-,27?/m0/s1. The van der Waals surface area contributed by atoms with Crippen molar-refractivity contribution in [2.45, 2.75) is 63.3 Å². The van der Waals surface area contributed by atoms with Gasteiger partial charge < -0.3 is 31.3 Å². The highest BCUT2D eigenvalue weighted by atomic mass is 35.5. The summed E-state index contributed by atoms with van der Waals surface area (Å²) in [6.45, 7) is 6.25. The Balaban J connectivity index is 2.15. The highest BCUT2D eigenvalue weighted by Crippen LogP contribution is 2.50. The molecular formula is C27H37Cl2N3O4. The van der Waals surface area contributed by atoms with E-state index in [1.165, 1.54) is 0 Å². The van der Waals surface area contributed by atoms with Crippen molar-refractivity contribution in [2.75, 3.05) is 20.3 Å². The smallest absolute Gasteiger partial charge is 0.237 e. The van der Waals surface area contributed by atoms with Gasteiger partial charge in [0.2, 0.25) is 5.91 Å². The van der Waals surface area contributed by atoms with E-state index in [1.54, 1.807) is 25.3 Å². The molecule has 198 valence electrons. The minimum Gasteiger partial charge on any atom is -0.496 e. The van der Waals surface area contributed by atoms with Crippen LogP contribution in [0.25, 0.3) is 0 Å². The third-order valence-corrected chi connectivity index (χ3v) is 7.20. The Morgan fingerprint density at radius 1 is 1.22 bits per heavy atom. The van der Waals surface area contributed by atoms with Crippen LogP contribution in [-0.4, -0.2) is 54.6 Å². The van der Waals surface area contributed by atoms with E-state index in [4.69, 9.17) is 38.8 Å². The summed E-state index contributed by atoms with van der Waals surface area (Å²) >= 11 is 12.7. The van der Waals surface area contributed by atoms with Crippen molar-refractivity contribution in [3.63, 3.8) is 0 Å². The Kier molecular flexibility index (Phi) is 9.30. The van der Waals surface area contributed by atoms with Crippen molar-refractivity contribution in [1.29, 1.82) is 0 Å². The Labute approximate surface area is 223 Å². The van der Waals surface area contributed by atoms with Crippen LogP contribution in [-0.2, 0) is 10.3 Å². The first-order chi connectivity index (χ1) is 16.9. The Bertz CT molecular complexity index is 1060. The van der Waals surface area contributed by atoms with Crippen LogP contribution in [0.5, 0.6) is 5.75 Å². The second kappa shape index (κ2) is 11.7. The Morgan fingerprint density at radius 3 is 2.53 bits per heavy atom. The Hall–Kier alpha value is -1.87. The van der Waals surface area contributed by atoms with Gasteiger partial charge >= 0.3 is 0 Å². The van der Waals surface area contributed by atoms with Crippen LogP contribution in [0.4, 0.5) is 0 Å². The minimum atomic E-state index is -1.06. The summed E-state index contributed by atoms with van der Waals surface area (Å²) in [6.07, 6.45) is 0.0199. The second-order valence-corrected chi connectivity index (χ2v) is 11.6. The predicted molar refractivity (Wildman–Crippen MR) is 144 cm³/mol. The van der Waals surface area contributed by atoms with Crippen LogP contribution in [0.15, 0.2) is 42.5 Å². The zero-order valence-electron chi connectivity index (χ0n) is 21.2. The molecule has 0 aromatic heterocycles. The lowest BCUT2D eigenvalue weighted by atomic mass is 9.68. The number of aliphatic hydroxyl groups is 2. The van der Waals surface area contributed by atoms with Crippen LogP contribution < -0.4 is 21.1 Å². The fourth-order valence-electron chi connectivity index (χ4n) is 5.12. The molecule has 2 aromatic carbocycles. The highest BCUT2D eigenvalue weighted by Gasteiger charge is 2.57. The molecule has 0 aliphatic carbocycles. The lowest BCUT2D eigenvalue weighted by molar-refractivity contribution is -0.123. The summed E-state index contributed by atoms with van der Waals surface area (Å²) in [5.74, 6) is -0.199. The van der Waals surface area contributed by atoms with Crippen LogP contribution >= 0.6 is 23.2 Å². The summed E-state index contributed by atoms with van der Waals surface area (Å²) in [7, 11) is 1.57. The number of halogens is 2. The summed E-state index contributed by atoms with van der Waals surface area (Å²) in [6, 6.07) is 11.8. The van der Waals surface area contributed by atoms with Gasteiger partial charge in [-0.3, -0.25) is 4.79 Å². The molecule has 5 atom stereocenters. The summed E-state index contributed by atoms with van der Waals surface area (Å²) in [5.41, 5.74) is 7.84. The lowest BCUT2D eigenvalue weighted by Gasteiger charge is -2.40. The number of methoxy groups -OCH3 is 1. The number of ether oxygens (including phenoxy) is 1. The van der Waals surface area contributed by atoms with Crippen molar-refractivity contribution >= 4 is 29.1 Å². The van der Waals surface area contributed by atoms with Gasteiger partial charge in [-0.1, -0.05) is 62.2 Å². The van der Waals surface area contributed by atoms with Gasteiger partial charge in [0, 0.05) is 34.1 Å². The van der Waals surface area contributed by atoms with E-state index in [0.29, 0.717) is 22.2 Å². The van der Waals surface area contributed by atoms with Gasteiger partial charge in [0.15, 0.2) is 0 Å². The number of carbonyl (C=O) groups excluding carboxylic acids is 1. The zero-order chi connectivity index (χ0) is 26.7. The number of rotatable bonds is 9. The molecule has 3 rings (SSSR count). The van der Waals surface area contributed by atoms with Crippen LogP contribution in [0, 0.1) is 5.41 Å². The molecule has 1 amide bonds. The molecule has 0 radical (unpaired) electrons. The molecular weight excluding hydrogens is 501 g/mol. The van der Waals surface area contributed by atoms with Crippen molar-refractivity contribution in [1.82, 2.24) is 10.6 Å². The third-order valence-electron chi connectivity index (χ3n) is 6.73. The van der Waals surface area contributed by atoms with Gasteiger partial charge in [-0.25, -0.2) is 0 Å². The van der Waals surface area contributed by atoms with Crippen molar-refractivity contribution in [2.24, 2.45) is 11.1 Å². The Morgan fingerprint density at radius 2 is 1.92 bits per heavy atom. The van der Waals surface area contributed by atoms with E-state index in [-0.39, 0.29) is 36.9 Å². The molecule has 6 N–H and O–H groups in total. The molecule has 1 unspecified atom stereocenters. The normalized spacial score (nSPS) is 25.0. The maximum absolute atomic E-state index is 13.6. The highest BCUT2D eigenvalue weighted by molar-refractivity contribution is 6.31. The van der Waals surface area contributed by atoms with E-state index in [1.807, 2.05) is 24.3 Å². The van der Waals surface area contributed by atoms with E-state index in [2.05, 4.69) is 31.4 Å². The van der Waals surface area contributed by atoms with E-state index < -0.39 is 23.6 Å². The molecule has 1 aliphatic heterocycles. The quantitative estimate of drug-likeness (QED) is 0.333. The average Bonchev–Trinajstić information content (AvgIpc) is 3.10. The molecule has 1 heterocycles. The zero-order valence-corrected chi connectivity index (χ0v) is 22.7. The summed E-state index contributed by atoms with van der Waals surface area (Å²) < 4.78 is 5.72. The molecule has 9 heteroatoms. The van der Waals surface area contributed by atoms with Gasteiger partial charge in [0.1, 0.15) is 5.75 Å². The van der Waals surface area contributed by atoms with Gasteiger partial charge in [-0.15, -0.1) is 0 Å². The first kappa shape index (κ1) is 28.7. The maximum Gasteiger partial charge on any atom is 0.237 e. The van der Waals surface area contributed by atoms with Crippen molar-refractivity contribution in [3.05, 3.63) is 63.6 Å². The van der Waals surface area contributed by atoms with Crippen LogP contribution in [0.1, 0.15) is 50.7 Å². The van der Waals surface area contributed by atoms with E-state index >= 15 is 0 Å². The molecule has 1 fully saturated rings.